The van der Waals surface area contributed by atoms with Crippen molar-refractivity contribution in [2.75, 3.05) is 18.8 Å². The Kier molecular flexibility index (Phi) is 4.37. The van der Waals surface area contributed by atoms with E-state index in [-0.39, 0.29) is 17.7 Å². The van der Waals surface area contributed by atoms with Gasteiger partial charge < -0.3 is 5.11 Å². The quantitative estimate of drug-likeness (QED) is 0.818. The van der Waals surface area contributed by atoms with E-state index in [0.29, 0.717) is 19.4 Å². The van der Waals surface area contributed by atoms with Crippen molar-refractivity contribution in [1.82, 2.24) is 4.31 Å². The second-order valence-electron chi connectivity index (χ2n) is 5.78. The van der Waals surface area contributed by atoms with Crippen molar-refractivity contribution in [2.45, 2.75) is 46.1 Å². The van der Waals surface area contributed by atoms with Crippen LogP contribution in [0.15, 0.2) is 0 Å². The fraction of sp³-hybridized carbons (Fsp3) is 1.00. The predicted octanol–water partition coefficient (Wildman–Crippen LogP) is 1.21. The lowest BCUT2D eigenvalue weighted by Crippen LogP contribution is -2.43. The van der Waals surface area contributed by atoms with Crippen LogP contribution in [0.3, 0.4) is 0 Å². The van der Waals surface area contributed by atoms with E-state index in [1.165, 1.54) is 4.31 Å². The summed E-state index contributed by atoms with van der Waals surface area (Å²) < 4.78 is 25.4. The Hall–Kier alpha value is -0.130. The molecular weight excluding hydrogens is 226 g/mol. The van der Waals surface area contributed by atoms with Crippen LogP contribution in [0.25, 0.3) is 0 Å². The molecule has 0 saturated carbocycles. The Labute approximate surface area is 98.7 Å². The minimum absolute atomic E-state index is 0.0292. The molecule has 0 radical (unpaired) electrons. The molecule has 0 aliphatic carbocycles. The van der Waals surface area contributed by atoms with Gasteiger partial charge in [-0.15, -0.1) is 0 Å². The van der Waals surface area contributed by atoms with Gasteiger partial charge in [0.1, 0.15) is 0 Å². The summed E-state index contributed by atoms with van der Waals surface area (Å²) in [6.45, 7) is 6.94. The molecule has 0 unspecified atom stereocenters. The first-order valence-electron chi connectivity index (χ1n) is 5.87. The fourth-order valence-corrected chi connectivity index (χ4v) is 3.67. The molecule has 0 amide bonds. The van der Waals surface area contributed by atoms with Gasteiger partial charge in [0.15, 0.2) is 0 Å². The first kappa shape index (κ1) is 13.9. The second-order valence-corrected chi connectivity index (χ2v) is 7.87. The van der Waals surface area contributed by atoms with Crippen molar-refractivity contribution < 1.29 is 13.5 Å². The first-order chi connectivity index (χ1) is 7.21. The molecule has 1 rings (SSSR count). The number of nitrogens with zero attached hydrogens (tertiary/aromatic N) is 1. The van der Waals surface area contributed by atoms with E-state index in [1.54, 1.807) is 0 Å². The molecule has 1 fully saturated rings. The number of sulfonamides is 1. The van der Waals surface area contributed by atoms with Gasteiger partial charge in [-0.2, -0.15) is 4.31 Å². The van der Waals surface area contributed by atoms with Crippen molar-refractivity contribution in [3.05, 3.63) is 0 Å². The molecule has 0 bridgehead atoms. The van der Waals surface area contributed by atoms with Gasteiger partial charge in [-0.25, -0.2) is 8.42 Å². The summed E-state index contributed by atoms with van der Waals surface area (Å²) in [5.74, 6) is 0.184. The number of piperidine rings is 1. The first-order valence-corrected chi connectivity index (χ1v) is 7.47. The van der Waals surface area contributed by atoms with Gasteiger partial charge in [0, 0.05) is 13.1 Å². The SMILES string of the molecule is CC(C)(C)CCS(=O)(=O)N1CCC[C@H](O)C1. The Morgan fingerprint density at radius 3 is 2.50 bits per heavy atom. The van der Waals surface area contributed by atoms with E-state index in [1.807, 2.05) is 20.8 Å². The fourth-order valence-electron chi connectivity index (χ4n) is 1.74. The lowest BCUT2D eigenvalue weighted by atomic mass is 9.94. The van der Waals surface area contributed by atoms with Gasteiger partial charge in [0.2, 0.25) is 10.0 Å². The van der Waals surface area contributed by atoms with Crippen molar-refractivity contribution in [3.8, 4) is 0 Å². The smallest absolute Gasteiger partial charge is 0.214 e. The third-order valence-electron chi connectivity index (χ3n) is 2.86. The van der Waals surface area contributed by atoms with Crippen LogP contribution in [0.2, 0.25) is 0 Å². The molecule has 1 atom stereocenters. The molecule has 1 heterocycles. The third-order valence-corrected chi connectivity index (χ3v) is 4.70. The van der Waals surface area contributed by atoms with Crippen molar-refractivity contribution >= 4 is 10.0 Å². The molecular formula is C11H23NO3S. The van der Waals surface area contributed by atoms with E-state index >= 15 is 0 Å². The van der Waals surface area contributed by atoms with E-state index in [4.69, 9.17) is 0 Å². The van der Waals surface area contributed by atoms with Crippen LogP contribution in [0.1, 0.15) is 40.0 Å². The minimum Gasteiger partial charge on any atom is -0.392 e. The molecule has 1 aliphatic heterocycles. The second kappa shape index (κ2) is 5.02. The summed E-state index contributed by atoms with van der Waals surface area (Å²) in [7, 11) is -3.18. The van der Waals surface area contributed by atoms with Crippen molar-refractivity contribution in [1.29, 1.82) is 0 Å². The average Bonchev–Trinajstić information content (AvgIpc) is 2.14. The van der Waals surface area contributed by atoms with Crippen LogP contribution in [0.4, 0.5) is 0 Å². The normalized spacial score (nSPS) is 24.6. The van der Waals surface area contributed by atoms with Crippen molar-refractivity contribution in [3.63, 3.8) is 0 Å². The number of rotatable bonds is 3. The molecule has 1 N–H and O–H groups in total. The number of hydrogen-bond acceptors (Lipinski definition) is 3. The molecule has 4 nitrogen and oxygen atoms in total. The zero-order valence-corrected chi connectivity index (χ0v) is 11.3. The molecule has 5 heteroatoms. The van der Waals surface area contributed by atoms with E-state index in [0.717, 1.165) is 6.42 Å². The van der Waals surface area contributed by atoms with Gasteiger partial charge >= 0.3 is 0 Å². The summed E-state index contributed by atoms with van der Waals surface area (Å²) in [6, 6.07) is 0. The zero-order chi connectivity index (χ0) is 12.4. The summed E-state index contributed by atoms with van der Waals surface area (Å²) in [5.41, 5.74) is 0.0292. The molecule has 96 valence electrons. The molecule has 0 aromatic heterocycles. The maximum atomic E-state index is 12.0. The maximum absolute atomic E-state index is 12.0. The number of aliphatic hydroxyl groups excluding tert-OH is 1. The lowest BCUT2D eigenvalue weighted by Gasteiger charge is -2.30. The standard InChI is InChI=1S/C11H23NO3S/c1-11(2,3)6-8-16(14,15)12-7-4-5-10(13)9-12/h10,13H,4-9H2,1-3H3/t10-/m0/s1. The third kappa shape index (κ3) is 4.39. The average molecular weight is 249 g/mol. The van der Waals surface area contributed by atoms with Gasteiger partial charge in [-0.1, -0.05) is 20.8 Å². The highest BCUT2D eigenvalue weighted by molar-refractivity contribution is 7.89. The maximum Gasteiger partial charge on any atom is 0.214 e. The van der Waals surface area contributed by atoms with Crippen LogP contribution in [0, 0.1) is 5.41 Å². The summed E-state index contributed by atoms with van der Waals surface area (Å²) in [5, 5.41) is 9.46. The van der Waals surface area contributed by atoms with Crippen LogP contribution >= 0.6 is 0 Å². The van der Waals surface area contributed by atoms with E-state index in [2.05, 4.69) is 0 Å². The number of aliphatic hydroxyl groups is 1. The van der Waals surface area contributed by atoms with Crippen molar-refractivity contribution in [2.24, 2.45) is 5.41 Å². The Bertz CT molecular complexity index is 319. The summed E-state index contributed by atoms with van der Waals surface area (Å²) in [4.78, 5) is 0. The minimum atomic E-state index is -3.18. The van der Waals surface area contributed by atoms with E-state index in [9.17, 15) is 13.5 Å². The molecule has 0 aromatic carbocycles. The van der Waals surface area contributed by atoms with Crippen LogP contribution in [0.5, 0.6) is 0 Å². The Balaban J connectivity index is 2.56. The lowest BCUT2D eigenvalue weighted by molar-refractivity contribution is 0.108. The molecule has 16 heavy (non-hydrogen) atoms. The summed E-state index contributed by atoms with van der Waals surface area (Å²) >= 11 is 0. The van der Waals surface area contributed by atoms with Gasteiger partial charge in [0.25, 0.3) is 0 Å². The Morgan fingerprint density at radius 1 is 1.38 bits per heavy atom. The van der Waals surface area contributed by atoms with Crippen LogP contribution in [-0.2, 0) is 10.0 Å². The zero-order valence-electron chi connectivity index (χ0n) is 10.4. The molecule has 1 aliphatic rings. The van der Waals surface area contributed by atoms with Gasteiger partial charge in [-0.05, 0) is 24.7 Å². The number of β-amino-alcohol motifs (C(OH)–C–C–N with tert-alkyl or cyclic N) is 1. The Morgan fingerprint density at radius 2 is 2.00 bits per heavy atom. The largest absolute Gasteiger partial charge is 0.392 e. The topological polar surface area (TPSA) is 57.6 Å². The molecule has 1 saturated heterocycles. The summed E-state index contributed by atoms with van der Waals surface area (Å²) in [6.07, 6.45) is 1.64. The predicted molar refractivity (Wildman–Crippen MR) is 64.7 cm³/mol. The van der Waals surface area contributed by atoms with Gasteiger partial charge in [-0.3, -0.25) is 0 Å². The number of hydrogen-bond donors (Lipinski definition) is 1. The highest BCUT2D eigenvalue weighted by atomic mass is 32.2. The molecule has 0 aromatic rings. The van der Waals surface area contributed by atoms with Gasteiger partial charge in [0.05, 0.1) is 11.9 Å². The highest BCUT2D eigenvalue weighted by Gasteiger charge is 2.28. The highest BCUT2D eigenvalue weighted by Crippen LogP contribution is 2.22. The van der Waals surface area contributed by atoms with Crippen LogP contribution in [-0.4, -0.2) is 42.8 Å². The van der Waals surface area contributed by atoms with Crippen LogP contribution < -0.4 is 0 Å². The monoisotopic (exact) mass is 249 g/mol. The molecule has 0 spiro atoms. The van der Waals surface area contributed by atoms with E-state index < -0.39 is 16.1 Å².